The molecule has 0 radical (unpaired) electrons. The van der Waals surface area contributed by atoms with Crippen molar-refractivity contribution in [1.29, 1.82) is 0 Å². The molecule has 1 fully saturated rings. The fourth-order valence-corrected chi connectivity index (χ4v) is 5.61. The molecule has 0 atom stereocenters. The van der Waals surface area contributed by atoms with Gasteiger partial charge in [0.2, 0.25) is 0 Å². The molecule has 208 valence electrons. The number of aromatic nitrogens is 1. The lowest BCUT2D eigenvalue weighted by Gasteiger charge is -2.29. The zero-order chi connectivity index (χ0) is 27.9. The molecule has 39 heavy (non-hydrogen) atoms. The van der Waals surface area contributed by atoms with Crippen molar-refractivity contribution < 1.29 is 24.2 Å². The number of amides is 1. The van der Waals surface area contributed by atoms with E-state index in [1.54, 1.807) is 23.3 Å². The maximum atomic E-state index is 12.8. The topological polar surface area (TPSA) is 92.2 Å². The molecule has 8 nitrogen and oxygen atoms in total. The maximum absolute atomic E-state index is 12.8. The van der Waals surface area contributed by atoms with Crippen molar-refractivity contribution >= 4 is 28.3 Å². The van der Waals surface area contributed by atoms with Crippen LogP contribution in [-0.4, -0.2) is 67.3 Å². The molecule has 1 N–H and O–H groups in total. The van der Waals surface area contributed by atoms with Crippen molar-refractivity contribution in [2.24, 2.45) is 5.92 Å². The summed E-state index contributed by atoms with van der Waals surface area (Å²) in [5, 5.41) is 12.2. The second-order valence-electron chi connectivity index (χ2n) is 10.1. The second-order valence-corrected chi connectivity index (χ2v) is 11.0. The van der Waals surface area contributed by atoms with Gasteiger partial charge in [0, 0.05) is 56.9 Å². The van der Waals surface area contributed by atoms with Crippen molar-refractivity contribution in [2.75, 3.05) is 45.3 Å². The molecule has 0 spiro atoms. The molecule has 1 aliphatic rings. The molecule has 1 aromatic heterocycles. The number of carbonyl (C=O) groups is 2. The van der Waals surface area contributed by atoms with Gasteiger partial charge in [-0.3, -0.25) is 9.59 Å². The van der Waals surface area contributed by atoms with E-state index in [0.29, 0.717) is 51.3 Å². The molecule has 2 heterocycles. The number of nitrogens with zero attached hydrogens (tertiary/aromatic N) is 3. The number of hydrogen-bond acceptors (Lipinski definition) is 7. The van der Waals surface area contributed by atoms with Crippen LogP contribution >= 0.6 is 11.3 Å². The number of rotatable bonds is 11. The summed E-state index contributed by atoms with van der Waals surface area (Å²) >= 11 is 1.57. The van der Waals surface area contributed by atoms with Gasteiger partial charge < -0.3 is 24.4 Å². The highest BCUT2D eigenvalue weighted by atomic mass is 32.1. The van der Waals surface area contributed by atoms with Crippen molar-refractivity contribution in [3.05, 3.63) is 64.0 Å². The summed E-state index contributed by atoms with van der Waals surface area (Å²) < 4.78 is 11.4. The molecule has 9 heteroatoms. The molecule has 1 amide bonds. The summed E-state index contributed by atoms with van der Waals surface area (Å²) in [6.45, 7) is 7.08. The third-order valence-corrected chi connectivity index (χ3v) is 8.08. The molecule has 0 unspecified atom stereocenters. The van der Waals surface area contributed by atoms with E-state index in [2.05, 4.69) is 11.0 Å². The first-order valence-corrected chi connectivity index (χ1v) is 14.2. The molecule has 0 aliphatic carbocycles. The largest absolute Gasteiger partial charge is 0.488 e. The maximum Gasteiger partial charge on any atom is 0.306 e. The van der Waals surface area contributed by atoms with Crippen LogP contribution in [0.25, 0.3) is 11.3 Å². The summed E-state index contributed by atoms with van der Waals surface area (Å²) in [6, 6.07) is 11.8. The Kier molecular flexibility index (Phi) is 9.59. The highest BCUT2D eigenvalue weighted by molar-refractivity contribution is 7.14. The van der Waals surface area contributed by atoms with E-state index in [1.165, 1.54) is 0 Å². The first-order valence-electron chi connectivity index (χ1n) is 13.3. The van der Waals surface area contributed by atoms with E-state index in [4.69, 9.17) is 14.5 Å². The zero-order valence-electron chi connectivity index (χ0n) is 23.1. The quantitative estimate of drug-likeness (QED) is 0.318. The van der Waals surface area contributed by atoms with E-state index in [-0.39, 0.29) is 11.8 Å². The molecule has 3 aromatic rings. The van der Waals surface area contributed by atoms with Gasteiger partial charge in [0.1, 0.15) is 12.4 Å². The van der Waals surface area contributed by atoms with Crippen molar-refractivity contribution in [3.8, 4) is 17.0 Å². The molecule has 1 saturated heterocycles. The lowest BCUT2D eigenvalue weighted by atomic mass is 9.97. The number of carboxylic acid groups (broad SMARTS) is 1. The summed E-state index contributed by atoms with van der Waals surface area (Å²) in [5.41, 5.74) is 5.57. The van der Waals surface area contributed by atoms with Crippen LogP contribution in [0.1, 0.15) is 46.3 Å². The van der Waals surface area contributed by atoms with Crippen LogP contribution < -0.4 is 9.64 Å². The standard InChI is InChI=1S/C30H37N3O5S/c1-20-6-9-27(25(16-20)26-19-39-30(31-26)33-13-10-22(11-14-33)29(35)36)38-18-24-8-7-23(17-21(24)2)28(34)32(3)12-5-15-37-4/h6-9,16-17,19,22H,5,10-15,18H2,1-4H3,(H,35,36). The fourth-order valence-electron chi connectivity index (χ4n) is 4.74. The average molecular weight is 552 g/mol. The van der Waals surface area contributed by atoms with Gasteiger partial charge in [0.15, 0.2) is 5.13 Å². The van der Waals surface area contributed by atoms with Gasteiger partial charge in [0.05, 0.1) is 11.6 Å². The smallest absolute Gasteiger partial charge is 0.306 e. The number of carboxylic acids is 1. The second kappa shape index (κ2) is 13.1. The van der Waals surface area contributed by atoms with E-state index in [0.717, 1.165) is 45.2 Å². The van der Waals surface area contributed by atoms with Crippen LogP contribution in [0, 0.1) is 19.8 Å². The minimum Gasteiger partial charge on any atom is -0.488 e. The third kappa shape index (κ3) is 7.16. The first-order chi connectivity index (χ1) is 18.8. The summed E-state index contributed by atoms with van der Waals surface area (Å²) in [5.74, 6) is -0.235. The number of methoxy groups -OCH3 is 1. The molecular formula is C30H37N3O5S. The minimum atomic E-state index is -0.710. The monoisotopic (exact) mass is 551 g/mol. The van der Waals surface area contributed by atoms with Crippen LogP contribution in [0.4, 0.5) is 5.13 Å². The lowest BCUT2D eigenvalue weighted by Crippen LogP contribution is -2.36. The van der Waals surface area contributed by atoms with Crippen LogP contribution in [0.15, 0.2) is 41.8 Å². The van der Waals surface area contributed by atoms with Crippen LogP contribution in [0.5, 0.6) is 5.75 Å². The normalized spacial score (nSPS) is 13.9. The Morgan fingerprint density at radius 1 is 1.15 bits per heavy atom. The predicted octanol–water partition coefficient (Wildman–Crippen LogP) is 5.42. The highest BCUT2D eigenvalue weighted by Gasteiger charge is 2.26. The Labute approximate surface area is 234 Å². The molecule has 0 bridgehead atoms. The van der Waals surface area contributed by atoms with Crippen LogP contribution in [-0.2, 0) is 16.1 Å². The number of thiazole rings is 1. The zero-order valence-corrected chi connectivity index (χ0v) is 23.9. The molecular weight excluding hydrogens is 514 g/mol. The van der Waals surface area contributed by atoms with Gasteiger partial charge in [-0.15, -0.1) is 11.3 Å². The summed E-state index contributed by atoms with van der Waals surface area (Å²) in [4.78, 5) is 32.9. The van der Waals surface area contributed by atoms with E-state index < -0.39 is 5.97 Å². The first kappa shape index (κ1) is 28.6. The number of aliphatic carboxylic acids is 1. The number of hydrogen-bond donors (Lipinski definition) is 1. The Bertz CT molecular complexity index is 1300. The van der Waals surface area contributed by atoms with Gasteiger partial charge >= 0.3 is 5.97 Å². The lowest BCUT2D eigenvalue weighted by molar-refractivity contribution is -0.142. The van der Waals surface area contributed by atoms with Gasteiger partial charge in [-0.25, -0.2) is 4.98 Å². The number of anilines is 1. The van der Waals surface area contributed by atoms with Crippen molar-refractivity contribution in [3.63, 3.8) is 0 Å². The Morgan fingerprint density at radius 3 is 2.62 bits per heavy atom. The number of benzene rings is 2. The van der Waals surface area contributed by atoms with Crippen molar-refractivity contribution in [2.45, 2.75) is 39.7 Å². The highest BCUT2D eigenvalue weighted by Crippen LogP contribution is 2.36. The number of aryl methyl sites for hydroxylation is 2. The van der Waals surface area contributed by atoms with E-state index >= 15 is 0 Å². The SMILES string of the molecule is COCCCN(C)C(=O)c1ccc(COc2ccc(C)cc2-c2csc(N3CCC(C(=O)O)CC3)n2)c(C)c1. The Hall–Kier alpha value is -3.43. The van der Waals surface area contributed by atoms with Gasteiger partial charge in [-0.1, -0.05) is 17.7 Å². The number of ether oxygens (including phenoxy) is 2. The van der Waals surface area contributed by atoms with Crippen molar-refractivity contribution in [1.82, 2.24) is 9.88 Å². The fraction of sp³-hybridized carbons (Fsp3) is 0.433. The Morgan fingerprint density at radius 2 is 1.92 bits per heavy atom. The van der Waals surface area contributed by atoms with Crippen LogP contribution in [0.2, 0.25) is 0 Å². The van der Waals surface area contributed by atoms with E-state index in [1.807, 2.05) is 56.6 Å². The van der Waals surface area contributed by atoms with Gasteiger partial charge in [-0.05, 0) is 68.5 Å². The number of piperidine rings is 1. The predicted molar refractivity (Wildman–Crippen MR) is 154 cm³/mol. The molecule has 0 saturated carbocycles. The Balaban J connectivity index is 1.44. The van der Waals surface area contributed by atoms with Gasteiger partial charge in [0.25, 0.3) is 5.91 Å². The summed E-state index contributed by atoms with van der Waals surface area (Å²) in [6.07, 6.45) is 2.07. The summed E-state index contributed by atoms with van der Waals surface area (Å²) in [7, 11) is 3.47. The average Bonchev–Trinajstić information content (AvgIpc) is 3.43. The molecule has 4 rings (SSSR count). The van der Waals surface area contributed by atoms with Crippen LogP contribution in [0.3, 0.4) is 0 Å². The third-order valence-electron chi connectivity index (χ3n) is 7.18. The molecule has 1 aliphatic heterocycles. The van der Waals surface area contributed by atoms with Gasteiger partial charge in [-0.2, -0.15) is 0 Å². The number of carbonyl (C=O) groups excluding carboxylic acids is 1. The van der Waals surface area contributed by atoms with E-state index in [9.17, 15) is 14.7 Å². The molecule has 2 aromatic carbocycles. The minimum absolute atomic E-state index is 0.00554.